The number of halogens is 1. The number of benzene rings is 1. The quantitative estimate of drug-likeness (QED) is 0.315. The van der Waals surface area contributed by atoms with Crippen molar-refractivity contribution in [1.82, 2.24) is 20.4 Å². The molecule has 1 saturated heterocycles. The molecule has 1 aliphatic rings. The summed E-state index contributed by atoms with van der Waals surface area (Å²) in [7, 11) is 5.18. The molecule has 1 amide bonds. The molecule has 1 aromatic carbocycles. The van der Waals surface area contributed by atoms with Gasteiger partial charge in [-0.05, 0) is 56.1 Å². The van der Waals surface area contributed by atoms with Gasteiger partial charge in [-0.1, -0.05) is 13.0 Å². The third-order valence-electron chi connectivity index (χ3n) is 5.08. The number of likely N-dealkylation sites (N-methyl/N-ethyl adjacent to an activating group) is 2. The van der Waals surface area contributed by atoms with Gasteiger partial charge in [0, 0.05) is 26.7 Å². The summed E-state index contributed by atoms with van der Waals surface area (Å²) >= 11 is 0. The van der Waals surface area contributed by atoms with Gasteiger partial charge >= 0.3 is 0 Å². The Hall–Kier alpha value is -1.55. The van der Waals surface area contributed by atoms with E-state index in [0.717, 1.165) is 36.5 Å². The van der Waals surface area contributed by atoms with E-state index in [1.165, 1.54) is 12.8 Å². The lowest BCUT2D eigenvalue weighted by molar-refractivity contribution is -0.127. The fraction of sp³-hybridized carbons (Fsp3) is 0.619. The number of hydrogen-bond acceptors (Lipinski definition) is 4. The second-order valence-electron chi connectivity index (χ2n) is 7.47. The smallest absolute Gasteiger partial charge is 0.241 e. The molecule has 1 unspecified atom stereocenters. The van der Waals surface area contributed by atoms with E-state index in [0.29, 0.717) is 18.5 Å². The molecule has 0 radical (unpaired) electrons. The van der Waals surface area contributed by atoms with Crippen LogP contribution in [0.25, 0.3) is 0 Å². The van der Waals surface area contributed by atoms with Crippen molar-refractivity contribution >= 4 is 35.8 Å². The number of rotatable bonds is 8. The van der Waals surface area contributed by atoms with Crippen molar-refractivity contribution in [2.75, 3.05) is 47.4 Å². The summed E-state index contributed by atoms with van der Waals surface area (Å²) in [4.78, 5) is 20.7. The zero-order valence-electron chi connectivity index (χ0n) is 18.3. The highest BCUT2D eigenvalue weighted by Crippen LogP contribution is 2.17. The Bertz CT molecular complexity index is 681. The number of methoxy groups -OCH3 is 1. The van der Waals surface area contributed by atoms with Crippen LogP contribution in [-0.4, -0.2) is 75.1 Å². The minimum absolute atomic E-state index is 0. The van der Waals surface area contributed by atoms with Crippen molar-refractivity contribution in [3.8, 4) is 5.75 Å². The van der Waals surface area contributed by atoms with Crippen molar-refractivity contribution in [2.45, 2.75) is 39.3 Å². The lowest BCUT2D eigenvalue weighted by atomic mass is 10.1. The van der Waals surface area contributed by atoms with E-state index in [9.17, 15) is 4.79 Å². The van der Waals surface area contributed by atoms with Crippen LogP contribution in [0.1, 0.15) is 30.9 Å². The summed E-state index contributed by atoms with van der Waals surface area (Å²) in [5.74, 6) is 1.52. The number of ether oxygens (including phenoxy) is 1. The second-order valence-corrected chi connectivity index (χ2v) is 7.47. The molecule has 1 aliphatic heterocycles. The molecule has 1 atom stereocenters. The highest BCUT2D eigenvalue weighted by atomic mass is 127. The van der Waals surface area contributed by atoms with E-state index in [1.807, 2.05) is 19.1 Å². The van der Waals surface area contributed by atoms with Crippen molar-refractivity contribution in [2.24, 2.45) is 4.99 Å². The SMILES string of the molecule is CCN1CCCC1CNC(=NCc1cc(C)cc(OC)c1)NCC(=O)N(C)C.I. The van der Waals surface area contributed by atoms with Gasteiger partial charge in [0.25, 0.3) is 0 Å². The fourth-order valence-electron chi connectivity index (χ4n) is 3.45. The van der Waals surface area contributed by atoms with Crippen molar-refractivity contribution in [3.63, 3.8) is 0 Å². The predicted molar refractivity (Wildman–Crippen MR) is 129 cm³/mol. The standard InChI is InChI=1S/C21H35N5O2.HI/c1-6-26-9-7-8-18(26)14-23-21(24-15-20(27)25(3)4)22-13-17-10-16(2)11-19(12-17)28-5;/h10-12,18H,6-9,13-15H2,1-5H3,(H2,22,23,24);1H. The Morgan fingerprint density at radius 1 is 1.31 bits per heavy atom. The van der Waals surface area contributed by atoms with Gasteiger partial charge in [0.15, 0.2) is 5.96 Å². The molecular weight excluding hydrogens is 481 g/mol. The molecule has 0 aromatic heterocycles. The maximum atomic E-state index is 12.0. The molecular formula is C21H36IN5O2. The first-order chi connectivity index (χ1) is 13.4. The van der Waals surface area contributed by atoms with Gasteiger partial charge in [0.2, 0.25) is 5.91 Å². The molecule has 7 nitrogen and oxygen atoms in total. The number of hydrogen-bond donors (Lipinski definition) is 2. The number of aliphatic imine (C=N–C) groups is 1. The van der Waals surface area contributed by atoms with Crippen molar-refractivity contribution < 1.29 is 9.53 Å². The Balaban J connectivity index is 0.00000420. The van der Waals surface area contributed by atoms with E-state index >= 15 is 0 Å². The predicted octanol–water partition coefficient (Wildman–Crippen LogP) is 2.23. The van der Waals surface area contributed by atoms with Crippen LogP contribution in [0.15, 0.2) is 23.2 Å². The minimum Gasteiger partial charge on any atom is -0.497 e. The summed E-state index contributed by atoms with van der Waals surface area (Å²) < 4.78 is 5.35. The molecule has 164 valence electrons. The number of aryl methyl sites for hydroxylation is 1. The summed E-state index contributed by atoms with van der Waals surface area (Å²) in [6.07, 6.45) is 2.43. The normalized spacial score (nSPS) is 16.9. The number of carbonyl (C=O) groups excluding carboxylic acids is 1. The van der Waals surface area contributed by atoms with Crippen molar-refractivity contribution in [1.29, 1.82) is 0 Å². The maximum absolute atomic E-state index is 12.0. The Morgan fingerprint density at radius 2 is 2.07 bits per heavy atom. The Morgan fingerprint density at radius 3 is 2.72 bits per heavy atom. The molecule has 1 aromatic rings. The minimum atomic E-state index is 0. The van der Waals surface area contributed by atoms with Crippen LogP contribution in [0.2, 0.25) is 0 Å². The highest BCUT2D eigenvalue weighted by molar-refractivity contribution is 14.0. The lowest BCUT2D eigenvalue weighted by Crippen LogP contribution is -2.47. The van der Waals surface area contributed by atoms with Crippen LogP contribution in [0, 0.1) is 6.92 Å². The first kappa shape index (κ1) is 25.5. The van der Waals surface area contributed by atoms with Crippen LogP contribution in [-0.2, 0) is 11.3 Å². The summed E-state index contributed by atoms with van der Waals surface area (Å²) in [6, 6.07) is 6.61. The summed E-state index contributed by atoms with van der Waals surface area (Å²) in [6.45, 7) is 8.03. The topological polar surface area (TPSA) is 69.2 Å². The molecule has 0 saturated carbocycles. The first-order valence-corrected chi connectivity index (χ1v) is 10.0. The van der Waals surface area contributed by atoms with Crippen molar-refractivity contribution in [3.05, 3.63) is 29.3 Å². The van der Waals surface area contributed by atoms with E-state index < -0.39 is 0 Å². The third-order valence-corrected chi connectivity index (χ3v) is 5.08. The molecule has 0 aliphatic carbocycles. The van der Waals surface area contributed by atoms with E-state index in [1.54, 1.807) is 26.1 Å². The second kappa shape index (κ2) is 12.9. The van der Waals surface area contributed by atoms with Gasteiger partial charge in [-0.2, -0.15) is 0 Å². The average Bonchev–Trinajstić information content (AvgIpc) is 3.14. The fourth-order valence-corrected chi connectivity index (χ4v) is 3.45. The maximum Gasteiger partial charge on any atom is 0.241 e. The molecule has 29 heavy (non-hydrogen) atoms. The largest absolute Gasteiger partial charge is 0.497 e. The van der Waals surface area contributed by atoms with Gasteiger partial charge in [-0.15, -0.1) is 24.0 Å². The average molecular weight is 517 g/mol. The molecule has 0 bridgehead atoms. The van der Waals surface area contributed by atoms with Crippen LogP contribution >= 0.6 is 24.0 Å². The number of carbonyl (C=O) groups is 1. The number of amides is 1. The zero-order valence-corrected chi connectivity index (χ0v) is 20.7. The summed E-state index contributed by atoms with van der Waals surface area (Å²) in [5, 5.41) is 6.60. The van der Waals surface area contributed by atoms with Crippen LogP contribution < -0.4 is 15.4 Å². The van der Waals surface area contributed by atoms with E-state index in [2.05, 4.69) is 28.5 Å². The van der Waals surface area contributed by atoms with E-state index in [-0.39, 0.29) is 36.4 Å². The number of guanidine groups is 1. The summed E-state index contributed by atoms with van der Waals surface area (Å²) in [5.41, 5.74) is 2.22. The highest BCUT2D eigenvalue weighted by Gasteiger charge is 2.22. The molecule has 2 rings (SSSR count). The monoisotopic (exact) mass is 517 g/mol. The van der Waals surface area contributed by atoms with Crippen LogP contribution in [0.5, 0.6) is 5.75 Å². The Labute approximate surface area is 192 Å². The number of nitrogens with one attached hydrogen (secondary N) is 2. The Kier molecular flexibility index (Phi) is 11.3. The number of likely N-dealkylation sites (tertiary alicyclic amines) is 1. The molecule has 1 fully saturated rings. The molecule has 0 spiro atoms. The van der Waals surface area contributed by atoms with Gasteiger partial charge in [-0.25, -0.2) is 4.99 Å². The molecule has 1 heterocycles. The van der Waals surface area contributed by atoms with Crippen LogP contribution in [0.4, 0.5) is 0 Å². The first-order valence-electron chi connectivity index (χ1n) is 10.0. The third kappa shape index (κ3) is 8.38. The zero-order chi connectivity index (χ0) is 20.5. The van der Waals surface area contributed by atoms with E-state index in [4.69, 9.17) is 9.73 Å². The van der Waals surface area contributed by atoms with Crippen LogP contribution in [0.3, 0.4) is 0 Å². The van der Waals surface area contributed by atoms with Gasteiger partial charge < -0.3 is 20.3 Å². The molecule has 8 heteroatoms. The van der Waals surface area contributed by atoms with Gasteiger partial charge in [0.1, 0.15) is 5.75 Å². The molecule has 2 N–H and O–H groups in total. The number of nitrogens with zero attached hydrogens (tertiary/aromatic N) is 3. The van der Waals surface area contributed by atoms with Gasteiger partial charge in [0.05, 0.1) is 20.2 Å². The lowest BCUT2D eigenvalue weighted by Gasteiger charge is -2.24. The van der Waals surface area contributed by atoms with Gasteiger partial charge in [-0.3, -0.25) is 9.69 Å².